The van der Waals surface area contributed by atoms with Gasteiger partial charge in [-0.05, 0) is 6.92 Å². The standard InChI is InChI=1S/C5H8O/c1-2-6-5-3-4-5/h3-5H,2H2,1H3. The van der Waals surface area contributed by atoms with E-state index in [4.69, 9.17) is 4.74 Å². The Balaban J connectivity index is 1.90. The predicted octanol–water partition coefficient (Wildman–Crippen LogP) is 0.961. The summed E-state index contributed by atoms with van der Waals surface area (Å²) in [6, 6.07) is 0. The zero-order valence-corrected chi connectivity index (χ0v) is 3.85. The molecule has 1 rings (SSSR count). The van der Waals surface area contributed by atoms with E-state index in [2.05, 4.69) is 0 Å². The van der Waals surface area contributed by atoms with Crippen LogP contribution >= 0.6 is 0 Å². The molecule has 0 heterocycles. The lowest BCUT2D eigenvalue weighted by Crippen LogP contribution is -1.91. The highest BCUT2D eigenvalue weighted by molar-refractivity contribution is 5.15. The van der Waals surface area contributed by atoms with Gasteiger partial charge in [0.05, 0.1) is 6.10 Å². The van der Waals surface area contributed by atoms with Gasteiger partial charge in [0.2, 0.25) is 0 Å². The van der Waals surface area contributed by atoms with Crippen LogP contribution in [0.15, 0.2) is 12.2 Å². The molecule has 0 saturated carbocycles. The molecule has 1 aliphatic rings. The highest BCUT2D eigenvalue weighted by atomic mass is 16.5. The minimum atomic E-state index is 0.398. The molecule has 0 aromatic rings. The Kier molecular flexibility index (Phi) is 0.926. The van der Waals surface area contributed by atoms with Crippen LogP contribution in [0.25, 0.3) is 0 Å². The molecule has 34 valence electrons. The van der Waals surface area contributed by atoms with Crippen molar-refractivity contribution in [3.05, 3.63) is 12.2 Å². The minimum Gasteiger partial charge on any atom is -0.370 e. The first-order chi connectivity index (χ1) is 2.93. The fourth-order valence-electron chi connectivity index (χ4n) is 0.349. The van der Waals surface area contributed by atoms with Gasteiger partial charge in [-0.15, -0.1) is 0 Å². The van der Waals surface area contributed by atoms with E-state index in [1.165, 1.54) is 0 Å². The first-order valence-corrected chi connectivity index (χ1v) is 2.23. The van der Waals surface area contributed by atoms with Crippen molar-refractivity contribution in [2.24, 2.45) is 0 Å². The van der Waals surface area contributed by atoms with Gasteiger partial charge in [0.15, 0.2) is 0 Å². The summed E-state index contributed by atoms with van der Waals surface area (Å²) in [5, 5.41) is 0. The molecule has 0 aromatic carbocycles. The Labute approximate surface area is 37.6 Å². The predicted molar refractivity (Wildman–Crippen MR) is 24.6 cm³/mol. The fraction of sp³-hybridized carbons (Fsp3) is 0.600. The van der Waals surface area contributed by atoms with Crippen molar-refractivity contribution >= 4 is 0 Å². The molecule has 6 heavy (non-hydrogen) atoms. The summed E-state index contributed by atoms with van der Waals surface area (Å²) >= 11 is 0. The van der Waals surface area contributed by atoms with Crippen LogP contribution in [0, 0.1) is 0 Å². The van der Waals surface area contributed by atoms with Crippen LogP contribution in [0.2, 0.25) is 0 Å². The number of hydrogen-bond acceptors (Lipinski definition) is 1. The zero-order valence-electron chi connectivity index (χ0n) is 3.85. The van der Waals surface area contributed by atoms with Gasteiger partial charge in [-0.2, -0.15) is 0 Å². The second kappa shape index (κ2) is 1.43. The van der Waals surface area contributed by atoms with Crippen molar-refractivity contribution in [2.75, 3.05) is 6.61 Å². The number of hydrogen-bond donors (Lipinski definition) is 0. The smallest absolute Gasteiger partial charge is 0.0939 e. The van der Waals surface area contributed by atoms with Crippen molar-refractivity contribution in [3.8, 4) is 0 Å². The van der Waals surface area contributed by atoms with Crippen LogP contribution in [-0.2, 0) is 4.74 Å². The molecule has 1 aliphatic carbocycles. The molecule has 0 spiro atoms. The molecule has 0 fully saturated rings. The van der Waals surface area contributed by atoms with Crippen LogP contribution in [0.5, 0.6) is 0 Å². The van der Waals surface area contributed by atoms with Gasteiger partial charge in [-0.25, -0.2) is 0 Å². The van der Waals surface area contributed by atoms with E-state index in [0.29, 0.717) is 6.10 Å². The molecule has 1 heteroatoms. The van der Waals surface area contributed by atoms with E-state index in [1.807, 2.05) is 19.1 Å². The first-order valence-electron chi connectivity index (χ1n) is 2.23. The maximum Gasteiger partial charge on any atom is 0.0939 e. The van der Waals surface area contributed by atoms with E-state index >= 15 is 0 Å². The number of rotatable bonds is 2. The zero-order chi connectivity index (χ0) is 4.41. The third-order valence-corrected chi connectivity index (χ3v) is 0.709. The van der Waals surface area contributed by atoms with Gasteiger partial charge in [-0.1, -0.05) is 12.2 Å². The van der Waals surface area contributed by atoms with Crippen molar-refractivity contribution in [3.63, 3.8) is 0 Å². The van der Waals surface area contributed by atoms with E-state index in [0.717, 1.165) is 6.61 Å². The van der Waals surface area contributed by atoms with Crippen LogP contribution in [-0.4, -0.2) is 12.7 Å². The average molecular weight is 84.1 g/mol. The van der Waals surface area contributed by atoms with Gasteiger partial charge in [0.25, 0.3) is 0 Å². The Morgan fingerprint density at radius 3 is 2.50 bits per heavy atom. The largest absolute Gasteiger partial charge is 0.370 e. The van der Waals surface area contributed by atoms with Crippen molar-refractivity contribution < 1.29 is 4.74 Å². The third kappa shape index (κ3) is 0.830. The molecular weight excluding hydrogens is 76.1 g/mol. The molecule has 0 atom stereocenters. The third-order valence-electron chi connectivity index (χ3n) is 0.709. The molecule has 0 radical (unpaired) electrons. The Bertz CT molecular complexity index is 60.3. The maximum absolute atomic E-state index is 5.04. The highest BCUT2D eigenvalue weighted by Crippen LogP contribution is 2.08. The van der Waals surface area contributed by atoms with E-state index in [1.54, 1.807) is 0 Å². The molecule has 0 bridgehead atoms. The second-order valence-corrected chi connectivity index (χ2v) is 1.30. The summed E-state index contributed by atoms with van der Waals surface area (Å²) in [6.07, 6.45) is 4.46. The number of ether oxygens (including phenoxy) is 1. The monoisotopic (exact) mass is 84.1 g/mol. The van der Waals surface area contributed by atoms with Crippen molar-refractivity contribution in [1.82, 2.24) is 0 Å². The van der Waals surface area contributed by atoms with Crippen LogP contribution in [0.4, 0.5) is 0 Å². The SMILES string of the molecule is CCOC1C=C1. The molecule has 0 unspecified atom stereocenters. The van der Waals surface area contributed by atoms with Gasteiger partial charge in [0, 0.05) is 6.61 Å². The van der Waals surface area contributed by atoms with Crippen LogP contribution < -0.4 is 0 Å². The van der Waals surface area contributed by atoms with Gasteiger partial charge < -0.3 is 4.74 Å². The lowest BCUT2D eigenvalue weighted by atomic mass is 10.7. The Morgan fingerprint density at radius 2 is 2.33 bits per heavy atom. The van der Waals surface area contributed by atoms with Gasteiger partial charge in [0.1, 0.15) is 0 Å². The van der Waals surface area contributed by atoms with Crippen LogP contribution in [0.3, 0.4) is 0 Å². The Hall–Kier alpha value is -0.300. The van der Waals surface area contributed by atoms with E-state index < -0.39 is 0 Å². The average Bonchev–Trinajstić information content (AvgIpc) is 2.21. The van der Waals surface area contributed by atoms with Crippen LogP contribution in [0.1, 0.15) is 6.92 Å². The highest BCUT2D eigenvalue weighted by Gasteiger charge is 2.07. The summed E-state index contributed by atoms with van der Waals surface area (Å²) in [7, 11) is 0. The normalized spacial score (nSPS) is 18.8. The van der Waals surface area contributed by atoms with Gasteiger partial charge in [-0.3, -0.25) is 0 Å². The van der Waals surface area contributed by atoms with E-state index in [9.17, 15) is 0 Å². The first kappa shape index (κ1) is 3.88. The molecule has 1 nitrogen and oxygen atoms in total. The maximum atomic E-state index is 5.04. The second-order valence-electron chi connectivity index (χ2n) is 1.30. The summed E-state index contributed by atoms with van der Waals surface area (Å²) in [5.41, 5.74) is 0. The van der Waals surface area contributed by atoms with E-state index in [-0.39, 0.29) is 0 Å². The summed E-state index contributed by atoms with van der Waals surface area (Å²) in [4.78, 5) is 0. The lowest BCUT2D eigenvalue weighted by Gasteiger charge is -1.90. The summed E-state index contributed by atoms with van der Waals surface area (Å²) < 4.78 is 5.04. The summed E-state index contributed by atoms with van der Waals surface area (Å²) in [6.45, 7) is 2.83. The lowest BCUT2D eigenvalue weighted by molar-refractivity contribution is 0.149. The fourth-order valence-corrected chi connectivity index (χ4v) is 0.349. The molecule has 0 aliphatic heterocycles. The Morgan fingerprint density at radius 1 is 1.67 bits per heavy atom. The molecule has 0 saturated heterocycles. The molecule has 0 N–H and O–H groups in total. The topological polar surface area (TPSA) is 9.23 Å². The summed E-state index contributed by atoms with van der Waals surface area (Å²) in [5.74, 6) is 0. The minimum absolute atomic E-state index is 0.398. The van der Waals surface area contributed by atoms with Crippen molar-refractivity contribution in [2.45, 2.75) is 13.0 Å². The quantitative estimate of drug-likeness (QED) is 0.453. The van der Waals surface area contributed by atoms with Gasteiger partial charge >= 0.3 is 0 Å². The molecule has 0 amide bonds. The van der Waals surface area contributed by atoms with Crippen molar-refractivity contribution in [1.29, 1.82) is 0 Å². The molecular formula is C5H8O. The molecule has 0 aromatic heterocycles.